The van der Waals surface area contributed by atoms with E-state index >= 15 is 0 Å². The molecular formula is C20H29FN2O2. The Bertz CT molecular complexity index is 562. The van der Waals surface area contributed by atoms with E-state index in [1.54, 1.807) is 12.1 Å². The molecule has 1 amide bonds. The summed E-state index contributed by atoms with van der Waals surface area (Å²) >= 11 is 0. The van der Waals surface area contributed by atoms with Crippen LogP contribution in [-0.4, -0.2) is 47.2 Å². The number of carbonyl (C=O) groups is 1. The number of aliphatic hydroxyl groups is 1. The second-order valence-corrected chi connectivity index (χ2v) is 7.71. The summed E-state index contributed by atoms with van der Waals surface area (Å²) in [6, 6.07) is 6.28. The molecule has 0 radical (unpaired) electrons. The van der Waals surface area contributed by atoms with Crippen molar-refractivity contribution in [3.63, 3.8) is 0 Å². The van der Waals surface area contributed by atoms with E-state index < -0.39 is 5.60 Å². The van der Waals surface area contributed by atoms with Crippen LogP contribution in [0.1, 0.15) is 50.5 Å². The van der Waals surface area contributed by atoms with Crippen molar-refractivity contribution in [1.82, 2.24) is 10.2 Å². The number of β-amino-alcohol motifs (C(OH)–C–C–N with tert-alkyl or cyclic N) is 1. The molecular weight excluding hydrogens is 319 g/mol. The maximum absolute atomic E-state index is 12.9. The van der Waals surface area contributed by atoms with Crippen molar-refractivity contribution in [2.24, 2.45) is 0 Å². The lowest BCUT2D eigenvalue weighted by Crippen LogP contribution is -2.50. The first kappa shape index (κ1) is 18.3. The number of nitrogens with one attached hydrogen (secondary N) is 1. The average molecular weight is 348 g/mol. The molecule has 0 unspecified atom stereocenters. The number of halogens is 1. The van der Waals surface area contributed by atoms with Crippen molar-refractivity contribution in [1.29, 1.82) is 0 Å². The van der Waals surface area contributed by atoms with Gasteiger partial charge in [-0.2, -0.15) is 0 Å². The van der Waals surface area contributed by atoms with Crippen LogP contribution in [0.2, 0.25) is 0 Å². The van der Waals surface area contributed by atoms with Crippen molar-refractivity contribution in [2.45, 2.75) is 63.0 Å². The van der Waals surface area contributed by atoms with E-state index in [1.165, 1.54) is 18.6 Å². The summed E-state index contributed by atoms with van der Waals surface area (Å²) in [7, 11) is 0. The van der Waals surface area contributed by atoms with Gasteiger partial charge in [0.1, 0.15) is 5.82 Å². The highest BCUT2D eigenvalue weighted by atomic mass is 19.1. The van der Waals surface area contributed by atoms with Gasteiger partial charge in [0.15, 0.2) is 0 Å². The van der Waals surface area contributed by atoms with Gasteiger partial charge >= 0.3 is 0 Å². The lowest BCUT2D eigenvalue weighted by Gasteiger charge is -2.40. The highest BCUT2D eigenvalue weighted by molar-refractivity contribution is 5.78. The molecule has 25 heavy (non-hydrogen) atoms. The number of rotatable bonds is 5. The first-order valence-electron chi connectivity index (χ1n) is 9.51. The number of nitrogens with zero attached hydrogens (tertiary/aromatic N) is 1. The zero-order chi connectivity index (χ0) is 17.7. The summed E-state index contributed by atoms with van der Waals surface area (Å²) in [5.41, 5.74) is 0.326. The largest absolute Gasteiger partial charge is 0.389 e. The highest BCUT2D eigenvalue weighted by Gasteiger charge is 2.32. The summed E-state index contributed by atoms with van der Waals surface area (Å²) in [6.45, 7) is 2.61. The van der Waals surface area contributed by atoms with Crippen molar-refractivity contribution >= 4 is 5.91 Å². The minimum atomic E-state index is -0.503. The Kier molecular flexibility index (Phi) is 6.07. The van der Waals surface area contributed by atoms with Crippen LogP contribution in [-0.2, 0) is 11.2 Å². The molecule has 1 saturated heterocycles. The molecule has 4 nitrogen and oxygen atoms in total. The molecule has 0 bridgehead atoms. The lowest BCUT2D eigenvalue weighted by atomic mass is 9.84. The van der Waals surface area contributed by atoms with Gasteiger partial charge in [0, 0.05) is 25.7 Å². The third-order valence-corrected chi connectivity index (χ3v) is 5.53. The standard InChI is InChI=1S/C20H29FN2O2/c21-17-6-4-16(5-7-17)14-19(24)22-18-8-12-23(13-9-18)15-20(25)10-2-1-3-11-20/h4-7,18,25H,1-3,8-15H2,(H,22,24). The van der Waals surface area contributed by atoms with Gasteiger partial charge in [-0.25, -0.2) is 4.39 Å². The molecule has 2 N–H and O–H groups in total. The molecule has 138 valence electrons. The quantitative estimate of drug-likeness (QED) is 0.860. The molecule has 1 aromatic rings. The third kappa shape index (κ3) is 5.51. The number of likely N-dealkylation sites (tertiary alicyclic amines) is 1. The molecule has 1 aliphatic carbocycles. The molecule has 2 aliphatic rings. The van der Waals surface area contributed by atoms with Crippen LogP contribution in [0.4, 0.5) is 4.39 Å². The van der Waals surface area contributed by atoms with Crippen LogP contribution < -0.4 is 5.32 Å². The van der Waals surface area contributed by atoms with Crippen molar-refractivity contribution in [2.75, 3.05) is 19.6 Å². The second-order valence-electron chi connectivity index (χ2n) is 7.71. The van der Waals surface area contributed by atoms with Gasteiger partial charge in [0.05, 0.1) is 12.0 Å². The first-order valence-corrected chi connectivity index (χ1v) is 9.51. The highest BCUT2D eigenvalue weighted by Crippen LogP contribution is 2.29. The van der Waals surface area contributed by atoms with Crippen molar-refractivity contribution < 1.29 is 14.3 Å². The van der Waals surface area contributed by atoms with Gasteiger partial charge in [0.2, 0.25) is 5.91 Å². The smallest absolute Gasteiger partial charge is 0.224 e. The fraction of sp³-hybridized carbons (Fsp3) is 0.650. The lowest BCUT2D eigenvalue weighted by molar-refractivity contribution is -0.121. The number of amides is 1. The van der Waals surface area contributed by atoms with E-state index in [4.69, 9.17) is 0 Å². The predicted molar refractivity (Wildman–Crippen MR) is 95.7 cm³/mol. The van der Waals surface area contributed by atoms with E-state index in [-0.39, 0.29) is 17.8 Å². The minimum Gasteiger partial charge on any atom is -0.389 e. The number of piperidine rings is 1. The summed E-state index contributed by atoms with van der Waals surface area (Å²) in [6.07, 6.45) is 7.47. The Morgan fingerprint density at radius 1 is 1.16 bits per heavy atom. The SMILES string of the molecule is O=C(Cc1ccc(F)cc1)NC1CCN(CC2(O)CCCCC2)CC1. The molecule has 1 saturated carbocycles. The predicted octanol–water partition coefficient (Wildman–Crippen LogP) is 2.64. The van der Waals surface area contributed by atoms with Gasteiger partial charge in [-0.05, 0) is 43.4 Å². The second kappa shape index (κ2) is 8.28. The molecule has 3 rings (SSSR count). The Hall–Kier alpha value is -1.46. The Morgan fingerprint density at radius 2 is 1.80 bits per heavy atom. The molecule has 1 aliphatic heterocycles. The van der Waals surface area contributed by atoms with Gasteiger partial charge in [-0.3, -0.25) is 4.79 Å². The minimum absolute atomic E-state index is 0.00373. The normalized spacial score (nSPS) is 21.8. The van der Waals surface area contributed by atoms with E-state index in [2.05, 4.69) is 10.2 Å². The molecule has 0 atom stereocenters. The summed E-state index contributed by atoms with van der Waals surface area (Å²) in [4.78, 5) is 14.5. The Labute approximate surface area is 149 Å². The average Bonchev–Trinajstić information content (AvgIpc) is 2.59. The number of hydrogen-bond acceptors (Lipinski definition) is 3. The van der Waals surface area contributed by atoms with Gasteiger partial charge in [0.25, 0.3) is 0 Å². The summed E-state index contributed by atoms with van der Waals surface area (Å²) in [5, 5.41) is 13.8. The van der Waals surface area contributed by atoms with Crippen LogP contribution in [0.15, 0.2) is 24.3 Å². The zero-order valence-corrected chi connectivity index (χ0v) is 14.8. The molecule has 0 aromatic heterocycles. The van der Waals surface area contributed by atoms with Crippen LogP contribution >= 0.6 is 0 Å². The van der Waals surface area contributed by atoms with Crippen LogP contribution in [0.3, 0.4) is 0 Å². The fourth-order valence-electron chi connectivity index (χ4n) is 4.09. The van der Waals surface area contributed by atoms with Gasteiger partial charge in [-0.15, -0.1) is 0 Å². The topological polar surface area (TPSA) is 52.6 Å². The maximum atomic E-state index is 12.9. The molecule has 0 spiro atoms. The molecule has 1 aromatic carbocycles. The van der Waals surface area contributed by atoms with Crippen LogP contribution in [0.25, 0.3) is 0 Å². The summed E-state index contributed by atoms with van der Waals surface area (Å²) < 4.78 is 12.9. The Morgan fingerprint density at radius 3 is 2.44 bits per heavy atom. The number of hydrogen-bond donors (Lipinski definition) is 2. The molecule has 2 fully saturated rings. The number of carbonyl (C=O) groups excluding carboxylic acids is 1. The van der Waals surface area contributed by atoms with Gasteiger partial charge in [-0.1, -0.05) is 31.4 Å². The van der Waals surface area contributed by atoms with Crippen LogP contribution in [0.5, 0.6) is 0 Å². The van der Waals surface area contributed by atoms with E-state index in [0.717, 1.165) is 63.7 Å². The molecule has 5 heteroatoms. The third-order valence-electron chi connectivity index (χ3n) is 5.53. The monoisotopic (exact) mass is 348 g/mol. The number of benzene rings is 1. The van der Waals surface area contributed by atoms with Gasteiger partial charge < -0.3 is 15.3 Å². The van der Waals surface area contributed by atoms with Crippen molar-refractivity contribution in [3.05, 3.63) is 35.6 Å². The summed E-state index contributed by atoms with van der Waals surface area (Å²) in [5.74, 6) is -0.285. The zero-order valence-electron chi connectivity index (χ0n) is 14.8. The van der Waals surface area contributed by atoms with E-state index in [0.29, 0.717) is 6.42 Å². The first-order chi connectivity index (χ1) is 12.0. The Balaban J connectivity index is 1.40. The van der Waals surface area contributed by atoms with E-state index in [1.807, 2.05) is 0 Å². The van der Waals surface area contributed by atoms with Crippen molar-refractivity contribution in [3.8, 4) is 0 Å². The van der Waals surface area contributed by atoms with Crippen LogP contribution in [0, 0.1) is 5.82 Å². The molecule has 1 heterocycles. The van der Waals surface area contributed by atoms with E-state index in [9.17, 15) is 14.3 Å². The maximum Gasteiger partial charge on any atom is 0.224 e. The fourth-order valence-corrected chi connectivity index (χ4v) is 4.09.